The summed E-state index contributed by atoms with van der Waals surface area (Å²) in [6.45, 7) is 0. The normalized spacial score (nSPS) is 11.5. The van der Waals surface area contributed by atoms with Crippen LogP contribution >= 0.6 is 0 Å². The van der Waals surface area contributed by atoms with Gasteiger partial charge in [-0.25, -0.2) is 0 Å². The average Bonchev–Trinajstić information content (AvgIpc) is 3.29. The molecule has 0 bridgehead atoms. The van der Waals surface area contributed by atoms with Gasteiger partial charge in [-0.3, -0.25) is 0 Å². The van der Waals surface area contributed by atoms with Crippen LogP contribution in [0.4, 0.5) is 17.1 Å². The van der Waals surface area contributed by atoms with E-state index < -0.39 is 0 Å². The Morgan fingerprint density at radius 1 is 0.211 bits per heavy atom. The maximum atomic E-state index is 2.41. The minimum absolute atomic E-state index is 1.10. The molecule has 0 heterocycles. The minimum atomic E-state index is 1.10. The van der Waals surface area contributed by atoms with Gasteiger partial charge in [0.05, 0.1) is 0 Å². The molecule has 266 valence electrons. The van der Waals surface area contributed by atoms with E-state index >= 15 is 0 Å². The topological polar surface area (TPSA) is 3.24 Å². The number of hydrogen-bond acceptors (Lipinski definition) is 1. The number of fused-ring (bicyclic) bond motifs is 7. The van der Waals surface area contributed by atoms with Gasteiger partial charge in [0.25, 0.3) is 0 Å². The second kappa shape index (κ2) is 13.7. The molecule has 0 amide bonds. The Kier molecular flexibility index (Phi) is 7.89. The van der Waals surface area contributed by atoms with Crippen molar-refractivity contribution in [2.75, 3.05) is 4.90 Å². The number of benzene rings is 11. The van der Waals surface area contributed by atoms with Crippen molar-refractivity contribution in [2.24, 2.45) is 0 Å². The van der Waals surface area contributed by atoms with Crippen molar-refractivity contribution in [2.45, 2.75) is 0 Å². The molecule has 0 atom stereocenters. The molecule has 0 aliphatic heterocycles. The minimum Gasteiger partial charge on any atom is -0.310 e. The smallest absolute Gasteiger partial charge is 0.0467 e. The van der Waals surface area contributed by atoms with Gasteiger partial charge in [-0.2, -0.15) is 0 Å². The van der Waals surface area contributed by atoms with Crippen LogP contribution in [0.25, 0.3) is 87.2 Å². The van der Waals surface area contributed by atoms with Crippen LogP contribution < -0.4 is 4.90 Å². The third-order valence-electron chi connectivity index (χ3n) is 11.6. The summed E-state index contributed by atoms with van der Waals surface area (Å²) in [6.07, 6.45) is 0. The fourth-order valence-electron chi connectivity index (χ4n) is 8.93. The fraction of sp³-hybridized carbons (Fsp3) is 0. The fourth-order valence-corrected chi connectivity index (χ4v) is 8.93. The maximum absolute atomic E-state index is 2.41. The van der Waals surface area contributed by atoms with Gasteiger partial charge in [-0.15, -0.1) is 0 Å². The molecule has 11 aromatic rings. The molecule has 0 saturated carbocycles. The number of rotatable bonds is 6. The van der Waals surface area contributed by atoms with Crippen LogP contribution in [0.1, 0.15) is 0 Å². The highest BCUT2D eigenvalue weighted by Gasteiger charge is 2.18. The van der Waals surface area contributed by atoms with Crippen molar-refractivity contribution >= 4 is 70.9 Å². The molecule has 11 rings (SSSR count). The Hall–Kier alpha value is -7.48. The van der Waals surface area contributed by atoms with Crippen LogP contribution in [0.3, 0.4) is 0 Å². The molecule has 57 heavy (non-hydrogen) atoms. The van der Waals surface area contributed by atoms with Crippen molar-refractivity contribution in [3.63, 3.8) is 0 Å². The Morgan fingerprint density at radius 2 is 0.632 bits per heavy atom. The second-order valence-corrected chi connectivity index (χ2v) is 14.9. The SMILES string of the molecule is c1cc(-c2cc3ccccc3c3ccccc23)cc(N(c2ccc(-c3cccc4ccccc34)cc2)c2cccc(-c3cc4ccccc4c4ccccc34)c2)c1. The first kappa shape index (κ1) is 32.9. The summed E-state index contributed by atoms with van der Waals surface area (Å²) in [6, 6.07) is 82.1. The lowest BCUT2D eigenvalue weighted by atomic mass is 9.92. The molecule has 0 aliphatic rings. The average molecular weight is 724 g/mol. The highest BCUT2D eigenvalue weighted by Crippen LogP contribution is 2.43. The third kappa shape index (κ3) is 5.72. The van der Waals surface area contributed by atoms with E-state index in [1.54, 1.807) is 0 Å². The van der Waals surface area contributed by atoms with Gasteiger partial charge >= 0.3 is 0 Å². The molecule has 0 unspecified atom stereocenters. The molecule has 1 heteroatoms. The number of anilines is 3. The zero-order valence-electron chi connectivity index (χ0n) is 31.3. The first-order valence-electron chi connectivity index (χ1n) is 19.7. The van der Waals surface area contributed by atoms with Gasteiger partial charge < -0.3 is 4.90 Å². The largest absolute Gasteiger partial charge is 0.310 e. The van der Waals surface area contributed by atoms with Crippen LogP contribution in [-0.2, 0) is 0 Å². The van der Waals surface area contributed by atoms with Gasteiger partial charge in [-0.1, -0.05) is 176 Å². The van der Waals surface area contributed by atoms with E-state index in [9.17, 15) is 0 Å². The highest BCUT2D eigenvalue weighted by atomic mass is 15.1. The van der Waals surface area contributed by atoms with E-state index in [0.717, 1.165) is 17.1 Å². The van der Waals surface area contributed by atoms with E-state index in [1.165, 1.54) is 87.2 Å². The summed E-state index contributed by atoms with van der Waals surface area (Å²) in [4.78, 5) is 2.41. The first-order valence-corrected chi connectivity index (χ1v) is 19.7. The van der Waals surface area contributed by atoms with E-state index in [-0.39, 0.29) is 0 Å². The van der Waals surface area contributed by atoms with E-state index in [1.807, 2.05) is 0 Å². The van der Waals surface area contributed by atoms with Crippen molar-refractivity contribution < 1.29 is 0 Å². The van der Waals surface area contributed by atoms with Crippen molar-refractivity contribution in [3.05, 3.63) is 224 Å². The van der Waals surface area contributed by atoms with Crippen LogP contribution in [-0.4, -0.2) is 0 Å². The molecule has 1 nitrogen and oxygen atoms in total. The van der Waals surface area contributed by atoms with Gasteiger partial charge in [0.1, 0.15) is 0 Å². The monoisotopic (exact) mass is 723 g/mol. The summed E-state index contributed by atoms with van der Waals surface area (Å²) in [7, 11) is 0. The number of nitrogens with zero attached hydrogens (tertiary/aromatic N) is 1. The zero-order valence-corrected chi connectivity index (χ0v) is 31.3. The molecular weight excluding hydrogens is 687 g/mol. The zero-order chi connectivity index (χ0) is 37.7. The lowest BCUT2D eigenvalue weighted by Gasteiger charge is -2.27. The van der Waals surface area contributed by atoms with E-state index in [2.05, 4.69) is 229 Å². The summed E-state index contributed by atoms with van der Waals surface area (Å²) in [5.41, 5.74) is 10.6. The van der Waals surface area contributed by atoms with Gasteiger partial charge in [0.15, 0.2) is 0 Å². The van der Waals surface area contributed by atoms with Crippen molar-refractivity contribution in [3.8, 4) is 33.4 Å². The predicted molar refractivity (Wildman–Crippen MR) is 245 cm³/mol. The molecule has 0 spiro atoms. The van der Waals surface area contributed by atoms with Gasteiger partial charge in [0.2, 0.25) is 0 Å². The summed E-state index contributed by atoms with van der Waals surface area (Å²) in [5.74, 6) is 0. The maximum Gasteiger partial charge on any atom is 0.0467 e. The van der Waals surface area contributed by atoms with Crippen LogP contribution in [0.2, 0.25) is 0 Å². The van der Waals surface area contributed by atoms with E-state index in [0.29, 0.717) is 0 Å². The molecule has 11 aromatic carbocycles. The molecule has 0 fully saturated rings. The van der Waals surface area contributed by atoms with Gasteiger partial charge in [0, 0.05) is 17.1 Å². The molecule has 0 aromatic heterocycles. The standard InChI is InChI=1S/C56H37N/c1-4-22-47-38(14-1)17-13-29-48(47)39-30-32-44(33-31-39)57(45-20-11-18-40(34-45)55-36-42-15-2-5-23-49(42)51-25-7-9-27-53(51)55)46-21-12-19-41(35-46)56-37-43-16-3-6-24-50(43)52-26-8-10-28-54(52)56/h1-37H. The van der Waals surface area contributed by atoms with Crippen molar-refractivity contribution in [1.29, 1.82) is 0 Å². The highest BCUT2D eigenvalue weighted by molar-refractivity contribution is 6.15. The summed E-state index contributed by atoms with van der Waals surface area (Å²) < 4.78 is 0. The summed E-state index contributed by atoms with van der Waals surface area (Å²) in [5, 5.41) is 12.6. The van der Waals surface area contributed by atoms with Crippen LogP contribution in [0.5, 0.6) is 0 Å². The molecule has 0 saturated heterocycles. The summed E-state index contributed by atoms with van der Waals surface area (Å²) >= 11 is 0. The van der Waals surface area contributed by atoms with Crippen LogP contribution in [0.15, 0.2) is 224 Å². The van der Waals surface area contributed by atoms with Crippen molar-refractivity contribution in [1.82, 2.24) is 0 Å². The van der Waals surface area contributed by atoms with E-state index in [4.69, 9.17) is 0 Å². The Balaban J connectivity index is 1.10. The lowest BCUT2D eigenvalue weighted by molar-refractivity contribution is 1.28. The lowest BCUT2D eigenvalue weighted by Crippen LogP contribution is -2.10. The predicted octanol–water partition coefficient (Wildman–Crippen LogP) is 15.9. The Morgan fingerprint density at radius 3 is 1.18 bits per heavy atom. The Bertz CT molecular complexity index is 3130. The van der Waals surface area contributed by atoms with Crippen LogP contribution in [0, 0.1) is 0 Å². The second-order valence-electron chi connectivity index (χ2n) is 14.9. The number of hydrogen-bond donors (Lipinski definition) is 0. The van der Waals surface area contributed by atoms with Gasteiger partial charge in [-0.05, 0) is 136 Å². The molecular formula is C56H37N. The quantitative estimate of drug-likeness (QED) is 0.154. The molecule has 0 N–H and O–H groups in total. The Labute approximate surface area is 332 Å². The first-order chi connectivity index (χ1) is 28.3. The third-order valence-corrected chi connectivity index (χ3v) is 11.6. The molecule has 0 aliphatic carbocycles. The molecule has 0 radical (unpaired) electrons.